The molecule has 30 heavy (non-hydrogen) atoms. The summed E-state index contributed by atoms with van der Waals surface area (Å²) < 4.78 is 10.8. The van der Waals surface area contributed by atoms with E-state index in [2.05, 4.69) is 35.1 Å². The number of likely N-dealkylation sites (N-methyl/N-ethyl adjacent to an activating group) is 1. The Morgan fingerprint density at radius 1 is 0.833 bits per heavy atom. The molecule has 1 unspecified atom stereocenters. The molecule has 0 aliphatic rings. The molecule has 0 saturated heterocycles. The van der Waals surface area contributed by atoms with Crippen molar-refractivity contribution in [2.75, 3.05) is 46.1 Å². The van der Waals surface area contributed by atoms with Crippen LogP contribution in [0.2, 0.25) is 0 Å². The number of hydrogen-bond acceptors (Lipinski definition) is 6. The zero-order valence-corrected chi connectivity index (χ0v) is 19.9. The predicted octanol–water partition coefficient (Wildman–Crippen LogP) is 0.827. The zero-order valence-electron chi connectivity index (χ0n) is 19.9. The van der Waals surface area contributed by atoms with Crippen LogP contribution in [0.25, 0.3) is 0 Å². The van der Waals surface area contributed by atoms with Gasteiger partial charge in [0.05, 0.1) is 33.0 Å². The molecule has 3 amide bonds. The summed E-state index contributed by atoms with van der Waals surface area (Å²) in [5.41, 5.74) is 0. The van der Waals surface area contributed by atoms with Gasteiger partial charge in [0.25, 0.3) is 0 Å². The van der Waals surface area contributed by atoms with E-state index in [9.17, 15) is 14.4 Å². The normalized spacial score (nSPS) is 11.5. The molecule has 9 nitrogen and oxygen atoms in total. The third-order valence-corrected chi connectivity index (χ3v) is 3.71. The Balaban J connectivity index is 0. The van der Waals surface area contributed by atoms with Crippen molar-refractivity contribution in [3.63, 3.8) is 0 Å². The maximum Gasteiger partial charge on any atom is 0.243 e. The molecule has 0 saturated carbocycles. The molecule has 0 aromatic rings. The summed E-state index contributed by atoms with van der Waals surface area (Å²) in [7, 11) is 0. The van der Waals surface area contributed by atoms with Gasteiger partial charge in [-0.15, -0.1) is 0 Å². The van der Waals surface area contributed by atoms with Gasteiger partial charge in [-0.1, -0.05) is 41.5 Å². The topological polar surface area (TPSA) is 118 Å². The second-order valence-electron chi connectivity index (χ2n) is 7.04. The predicted molar refractivity (Wildman–Crippen MR) is 119 cm³/mol. The molecule has 0 radical (unpaired) electrons. The van der Waals surface area contributed by atoms with Crippen molar-refractivity contribution in [3.8, 4) is 0 Å². The highest BCUT2D eigenvalue weighted by Crippen LogP contribution is 2.02. The van der Waals surface area contributed by atoms with E-state index in [-0.39, 0.29) is 43.2 Å². The molecule has 0 aliphatic carbocycles. The Morgan fingerprint density at radius 3 is 1.97 bits per heavy atom. The van der Waals surface area contributed by atoms with Crippen LogP contribution in [0.5, 0.6) is 0 Å². The third-order valence-electron chi connectivity index (χ3n) is 3.71. The Bertz CT molecular complexity index is 459. The van der Waals surface area contributed by atoms with Gasteiger partial charge >= 0.3 is 0 Å². The first-order valence-corrected chi connectivity index (χ1v) is 11.0. The summed E-state index contributed by atoms with van der Waals surface area (Å²) in [6.07, 6.45) is 0.154. The second-order valence-corrected chi connectivity index (χ2v) is 7.04. The van der Waals surface area contributed by atoms with Gasteiger partial charge in [-0.3, -0.25) is 14.4 Å². The van der Waals surface area contributed by atoms with Crippen LogP contribution in [0.4, 0.5) is 0 Å². The van der Waals surface area contributed by atoms with Gasteiger partial charge < -0.3 is 30.7 Å². The van der Waals surface area contributed by atoms with Gasteiger partial charge in [0, 0.05) is 25.6 Å². The highest BCUT2D eigenvalue weighted by Gasteiger charge is 2.24. The lowest BCUT2D eigenvalue weighted by atomic mass is 10.0. The van der Waals surface area contributed by atoms with Gasteiger partial charge in [-0.2, -0.15) is 0 Å². The number of ether oxygens (including phenoxy) is 2. The number of hydrogen-bond donors (Lipinski definition) is 4. The molecule has 1 atom stereocenters. The van der Waals surface area contributed by atoms with Crippen LogP contribution in [-0.2, 0) is 23.9 Å². The fraction of sp³-hybridized carbons (Fsp3) is 0.857. The molecule has 0 rings (SSSR count). The van der Waals surface area contributed by atoms with Gasteiger partial charge in [0.2, 0.25) is 17.7 Å². The SMILES string of the molecule is CC.CCNC(=O)CNC(=O)C(NC(=O)CCOCCOCCNC(C)C)C(C)C. The summed E-state index contributed by atoms with van der Waals surface area (Å²) in [5.74, 6) is -1.01. The van der Waals surface area contributed by atoms with E-state index in [1.807, 2.05) is 27.7 Å². The van der Waals surface area contributed by atoms with Crippen molar-refractivity contribution in [1.29, 1.82) is 0 Å². The maximum absolute atomic E-state index is 12.2. The smallest absolute Gasteiger partial charge is 0.243 e. The first-order chi connectivity index (χ1) is 14.3. The number of carbonyl (C=O) groups is 3. The van der Waals surface area contributed by atoms with Gasteiger partial charge in [-0.05, 0) is 12.8 Å². The molecule has 0 aliphatic heterocycles. The lowest BCUT2D eigenvalue weighted by Gasteiger charge is -2.21. The number of amides is 3. The lowest BCUT2D eigenvalue weighted by molar-refractivity contribution is -0.131. The van der Waals surface area contributed by atoms with Crippen molar-refractivity contribution in [2.45, 2.75) is 67.0 Å². The molecular weight excluding hydrogens is 388 g/mol. The Morgan fingerprint density at radius 2 is 1.43 bits per heavy atom. The Kier molecular flexibility index (Phi) is 20.9. The monoisotopic (exact) mass is 432 g/mol. The first-order valence-electron chi connectivity index (χ1n) is 11.0. The van der Waals surface area contributed by atoms with Gasteiger partial charge in [0.1, 0.15) is 6.04 Å². The number of carbonyl (C=O) groups excluding carboxylic acids is 3. The maximum atomic E-state index is 12.2. The molecule has 9 heteroatoms. The summed E-state index contributed by atoms with van der Waals surface area (Å²) in [4.78, 5) is 35.7. The van der Waals surface area contributed by atoms with Crippen LogP contribution in [0.3, 0.4) is 0 Å². The van der Waals surface area contributed by atoms with E-state index in [1.165, 1.54) is 0 Å². The minimum absolute atomic E-state index is 0.105. The fourth-order valence-electron chi connectivity index (χ4n) is 2.22. The molecular formula is C21H44N4O5. The van der Waals surface area contributed by atoms with Crippen molar-refractivity contribution in [2.24, 2.45) is 5.92 Å². The third kappa shape index (κ3) is 18.3. The highest BCUT2D eigenvalue weighted by atomic mass is 16.5. The van der Waals surface area contributed by atoms with E-state index >= 15 is 0 Å². The van der Waals surface area contributed by atoms with Crippen LogP contribution in [0, 0.1) is 5.92 Å². The van der Waals surface area contributed by atoms with Gasteiger partial charge in [0.15, 0.2) is 0 Å². The van der Waals surface area contributed by atoms with Crippen LogP contribution < -0.4 is 21.3 Å². The average molecular weight is 433 g/mol. The summed E-state index contributed by atoms with van der Waals surface area (Å²) >= 11 is 0. The second kappa shape index (κ2) is 20.6. The minimum atomic E-state index is -0.696. The van der Waals surface area contributed by atoms with Crippen LogP contribution in [-0.4, -0.2) is 75.9 Å². The van der Waals surface area contributed by atoms with Crippen molar-refractivity contribution < 1.29 is 23.9 Å². The zero-order chi connectivity index (χ0) is 23.4. The molecule has 0 fully saturated rings. The van der Waals surface area contributed by atoms with Crippen LogP contribution in [0.1, 0.15) is 54.9 Å². The average Bonchev–Trinajstić information content (AvgIpc) is 2.70. The molecule has 0 bridgehead atoms. The molecule has 0 spiro atoms. The number of rotatable bonds is 16. The van der Waals surface area contributed by atoms with E-state index in [0.29, 0.717) is 32.4 Å². The molecule has 0 aromatic carbocycles. The van der Waals surface area contributed by atoms with Crippen LogP contribution >= 0.6 is 0 Å². The van der Waals surface area contributed by atoms with Crippen molar-refractivity contribution in [1.82, 2.24) is 21.3 Å². The Hall–Kier alpha value is -1.71. The summed E-state index contributed by atoms with van der Waals surface area (Å²) in [6.45, 7) is 16.5. The lowest BCUT2D eigenvalue weighted by Crippen LogP contribution is -2.51. The standard InChI is InChI=1S/C19H38N4O5.C2H6/c1-6-20-17(25)13-22-19(26)18(14(2)3)23-16(24)7-9-27-11-12-28-10-8-21-15(4)5;1-2/h14-15,18,21H,6-13H2,1-5H3,(H,20,25)(H,22,26)(H,23,24);1-2H3. The van der Waals surface area contributed by atoms with E-state index in [4.69, 9.17) is 9.47 Å². The quantitative estimate of drug-likeness (QED) is 0.268. The fourth-order valence-corrected chi connectivity index (χ4v) is 2.22. The first kappa shape index (κ1) is 30.5. The molecule has 0 heterocycles. The summed E-state index contributed by atoms with van der Waals surface area (Å²) in [6, 6.07) is -0.262. The van der Waals surface area contributed by atoms with Gasteiger partial charge in [-0.25, -0.2) is 0 Å². The molecule has 0 aromatic heterocycles. The highest BCUT2D eigenvalue weighted by molar-refractivity contribution is 5.90. The molecule has 178 valence electrons. The van der Waals surface area contributed by atoms with Crippen molar-refractivity contribution >= 4 is 17.7 Å². The largest absolute Gasteiger partial charge is 0.379 e. The van der Waals surface area contributed by atoms with E-state index in [1.54, 1.807) is 6.92 Å². The summed E-state index contributed by atoms with van der Waals surface area (Å²) in [5, 5.41) is 11.1. The van der Waals surface area contributed by atoms with Crippen LogP contribution in [0.15, 0.2) is 0 Å². The van der Waals surface area contributed by atoms with E-state index < -0.39 is 6.04 Å². The number of nitrogens with one attached hydrogen (secondary N) is 4. The molecule has 4 N–H and O–H groups in total. The van der Waals surface area contributed by atoms with Crippen molar-refractivity contribution in [3.05, 3.63) is 0 Å². The Labute approximate surface area is 182 Å². The minimum Gasteiger partial charge on any atom is -0.379 e. The van der Waals surface area contributed by atoms with E-state index in [0.717, 1.165) is 6.54 Å².